The number of nitro benzene ring substituents is 1. The number of nitrogens with zero attached hydrogens (tertiary/aromatic N) is 1. The van der Waals surface area contributed by atoms with E-state index < -0.39 is 0 Å². The van der Waals surface area contributed by atoms with E-state index >= 15 is 0 Å². The van der Waals surface area contributed by atoms with Gasteiger partial charge in [0.15, 0.2) is 0 Å². The van der Waals surface area contributed by atoms with Crippen molar-refractivity contribution in [1.82, 2.24) is 5.32 Å². The quantitative estimate of drug-likeness (QED) is 0.618. The van der Waals surface area contributed by atoms with Gasteiger partial charge in [0.2, 0.25) is 0 Å². The van der Waals surface area contributed by atoms with Gasteiger partial charge in [-0.05, 0) is 18.5 Å². The summed E-state index contributed by atoms with van der Waals surface area (Å²) < 4.78 is 11.2. The van der Waals surface area contributed by atoms with E-state index in [-0.39, 0.29) is 16.7 Å². The summed E-state index contributed by atoms with van der Waals surface area (Å²) in [6, 6.07) is 4.75. The van der Waals surface area contributed by atoms with Gasteiger partial charge in [-0.2, -0.15) is 0 Å². The van der Waals surface area contributed by atoms with E-state index in [0.717, 1.165) is 18.5 Å². The molecular weight excluding hydrogens is 272 g/mol. The molecule has 0 aliphatic carbocycles. The van der Waals surface area contributed by atoms with Gasteiger partial charge < -0.3 is 14.8 Å². The molecular formula is C15H22N2O4. The number of non-ortho nitro benzene ring substituents is 1. The molecule has 1 aliphatic rings. The van der Waals surface area contributed by atoms with Crippen LogP contribution in [0.1, 0.15) is 25.8 Å². The van der Waals surface area contributed by atoms with Crippen LogP contribution in [0.5, 0.6) is 5.75 Å². The fourth-order valence-corrected chi connectivity index (χ4v) is 2.21. The van der Waals surface area contributed by atoms with Crippen molar-refractivity contribution < 1.29 is 14.4 Å². The molecule has 1 aromatic rings. The molecule has 0 radical (unpaired) electrons. The third-order valence-corrected chi connectivity index (χ3v) is 3.30. The van der Waals surface area contributed by atoms with E-state index in [1.165, 1.54) is 6.07 Å². The smallest absolute Gasteiger partial charge is 0.270 e. The van der Waals surface area contributed by atoms with E-state index in [0.29, 0.717) is 31.4 Å². The van der Waals surface area contributed by atoms with Gasteiger partial charge in [-0.25, -0.2) is 0 Å². The molecule has 2 rings (SSSR count). The lowest BCUT2D eigenvalue weighted by atomic mass is 10.1. The van der Waals surface area contributed by atoms with Crippen molar-refractivity contribution in [3.63, 3.8) is 0 Å². The second kappa shape index (κ2) is 7.38. The molecule has 1 aromatic carbocycles. The average molecular weight is 294 g/mol. The zero-order chi connectivity index (χ0) is 15.2. The molecule has 1 N–H and O–H groups in total. The first-order valence-corrected chi connectivity index (χ1v) is 7.28. The fourth-order valence-electron chi connectivity index (χ4n) is 2.21. The van der Waals surface area contributed by atoms with E-state index in [9.17, 15) is 10.1 Å². The number of hydrogen-bond donors (Lipinski definition) is 1. The number of nitro groups is 1. The van der Waals surface area contributed by atoms with Gasteiger partial charge in [0.25, 0.3) is 5.69 Å². The monoisotopic (exact) mass is 294 g/mol. The minimum absolute atomic E-state index is 0.0373. The van der Waals surface area contributed by atoms with Crippen molar-refractivity contribution in [2.24, 2.45) is 5.92 Å². The van der Waals surface area contributed by atoms with Crippen LogP contribution in [0.25, 0.3) is 0 Å². The predicted octanol–water partition coefficient (Wildman–Crippen LogP) is 2.51. The maximum atomic E-state index is 10.9. The van der Waals surface area contributed by atoms with Gasteiger partial charge in [0.05, 0.1) is 18.1 Å². The maximum Gasteiger partial charge on any atom is 0.270 e. The Morgan fingerprint density at radius 2 is 2.33 bits per heavy atom. The molecule has 1 aliphatic heterocycles. The van der Waals surface area contributed by atoms with Gasteiger partial charge in [-0.15, -0.1) is 0 Å². The number of ether oxygens (including phenoxy) is 2. The summed E-state index contributed by atoms with van der Waals surface area (Å²) in [6.07, 6.45) is 0.894. The SMILES string of the molecule is CC(C)CNCc1cc([N+](=O)[O-])ccc1OC1CCOC1. The van der Waals surface area contributed by atoms with Crippen molar-refractivity contribution in [3.8, 4) is 5.75 Å². The maximum absolute atomic E-state index is 10.9. The summed E-state index contributed by atoms with van der Waals surface area (Å²) >= 11 is 0. The molecule has 6 nitrogen and oxygen atoms in total. The zero-order valence-corrected chi connectivity index (χ0v) is 12.5. The Balaban J connectivity index is 2.10. The second-order valence-electron chi connectivity index (χ2n) is 5.68. The lowest BCUT2D eigenvalue weighted by Gasteiger charge is -2.16. The van der Waals surface area contributed by atoms with Gasteiger partial charge in [0, 0.05) is 30.7 Å². The molecule has 21 heavy (non-hydrogen) atoms. The minimum atomic E-state index is -0.381. The van der Waals surface area contributed by atoms with Crippen LogP contribution in [0, 0.1) is 16.0 Å². The highest BCUT2D eigenvalue weighted by Gasteiger charge is 2.20. The Morgan fingerprint density at radius 3 is 2.95 bits per heavy atom. The van der Waals surface area contributed by atoms with Gasteiger partial charge in [0.1, 0.15) is 11.9 Å². The molecule has 116 valence electrons. The highest BCUT2D eigenvalue weighted by Crippen LogP contribution is 2.26. The van der Waals surface area contributed by atoms with Crippen LogP contribution in [0.15, 0.2) is 18.2 Å². The van der Waals surface area contributed by atoms with Crippen LogP contribution in [0.3, 0.4) is 0 Å². The zero-order valence-electron chi connectivity index (χ0n) is 12.5. The summed E-state index contributed by atoms with van der Waals surface area (Å²) in [5.41, 5.74) is 0.906. The number of benzene rings is 1. The normalized spacial score (nSPS) is 18.1. The largest absolute Gasteiger partial charge is 0.488 e. The lowest BCUT2D eigenvalue weighted by Crippen LogP contribution is -2.21. The molecule has 1 heterocycles. The average Bonchev–Trinajstić information content (AvgIpc) is 2.92. The van der Waals surface area contributed by atoms with Gasteiger partial charge in [-0.3, -0.25) is 10.1 Å². The summed E-state index contributed by atoms with van der Waals surface area (Å²) in [4.78, 5) is 10.5. The molecule has 0 aromatic heterocycles. The third-order valence-electron chi connectivity index (χ3n) is 3.30. The molecule has 1 unspecified atom stereocenters. The van der Waals surface area contributed by atoms with E-state index in [1.807, 2.05) is 0 Å². The lowest BCUT2D eigenvalue weighted by molar-refractivity contribution is -0.384. The Morgan fingerprint density at radius 1 is 1.52 bits per heavy atom. The van der Waals surface area contributed by atoms with Crippen molar-refractivity contribution in [2.45, 2.75) is 32.9 Å². The van der Waals surface area contributed by atoms with Gasteiger partial charge >= 0.3 is 0 Å². The standard InChI is InChI=1S/C15H22N2O4/c1-11(2)8-16-9-12-7-13(17(18)19)3-4-15(12)21-14-5-6-20-10-14/h3-4,7,11,14,16H,5-6,8-10H2,1-2H3. The third kappa shape index (κ3) is 4.68. The molecule has 1 saturated heterocycles. The summed E-state index contributed by atoms with van der Waals surface area (Å²) in [6.45, 7) is 6.94. The minimum Gasteiger partial charge on any atom is -0.488 e. The first-order chi connectivity index (χ1) is 10.1. The van der Waals surface area contributed by atoms with Crippen molar-refractivity contribution in [2.75, 3.05) is 19.8 Å². The van der Waals surface area contributed by atoms with Crippen LogP contribution in [-0.2, 0) is 11.3 Å². The Hall–Kier alpha value is -1.66. The van der Waals surface area contributed by atoms with Crippen LogP contribution >= 0.6 is 0 Å². The molecule has 0 amide bonds. The Bertz CT molecular complexity index is 485. The molecule has 0 saturated carbocycles. The van der Waals surface area contributed by atoms with Crippen molar-refractivity contribution >= 4 is 5.69 Å². The molecule has 6 heteroatoms. The molecule has 1 fully saturated rings. The van der Waals surface area contributed by atoms with Crippen LogP contribution < -0.4 is 10.1 Å². The fraction of sp³-hybridized carbons (Fsp3) is 0.600. The Labute approximate surface area is 124 Å². The number of rotatable bonds is 7. The van der Waals surface area contributed by atoms with E-state index in [4.69, 9.17) is 9.47 Å². The number of nitrogens with one attached hydrogen (secondary N) is 1. The first-order valence-electron chi connectivity index (χ1n) is 7.28. The Kier molecular flexibility index (Phi) is 5.52. The second-order valence-corrected chi connectivity index (χ2v) is 5.68. The summed E-state index contributed by atoms with van der Waals surface area (Å²) in [7, 11) is 0. The van der Waals surface area contributed by atoms with Crippen LogP contribution in [-0.4, -0.2) is 30.8 Å². The highest BCUT2D eigenvalue weighted by atomic mass is 16.6. The predicted molar refractivity (Wildman–Crippen MR) is 79.5 cm³/mol. The molecule has 0 bridgehead atoms. The van der Waals surface area contributed by atoms with Crippen molar-refractivity contribution in [1.29, 1.82) is 0 Å². The summed E-state index contributed by atoms with van der Waals surface area (Å²) in [5.74, 6) is 1.23. The van der Waals surface area contributed by atoms with Crippen LogP contribution in [0.2, 0.25) is 0 Å². The molecule has 0 spiro atoms. The first kappa shape index (κ1) is 15.7. The topological polar surface area (TPSA) is 73.6 Å². The highest BCUT2D eigenvalue weighted by molar-refractivity contribution is 5.44. The summed E-state index contributed by atoms with van der Waals surface area (Å²) in [5, 5.41) is 14.2. The number of hydrogen-bond acceptors (Lipinski definition) is 5. The van der Waals surface area contributed by atoms with Crippen molar-refractivity contribution in [3.05, 3.63) is 33.9 Å². The van der Waals surface area contributed by atoms with E-state index in [1.54, 1.807) is 12.1 Å². The van der Waals surface area contributed by atoms with Gasteiger partial charge in [-0.1, -0.05) is 13.8 Å². The van der Waals surface area contributed by atoms with E-state index in [2.05, 4.69) is 19.2 Å². The van der Waals surface area contributed by atoms with Crippen LogP contribution in [0.4, 0.5) is 5.69 Å². The molecule has 1 atom stereocenters.